The molecule has 0 spiro atoms. The summed E-state index contributed by atoms with van der Waals surface area (Å²) < 4.78 is 0. The van der Waals surface area contributed by atoms with Gasteiger partial charge in [0.2, 0.25) is 0 Å². The SMILES string of the molecule is Cc1c(C(=O)O)nc2c(O)cccc2c1C(N)CCC(=O)c1ccccc1. The second-order valence-electron chi connectivity index (χ2n) is 6.41. The molecule has 3 rings (SSSR count). The standard InChI is InChI=1S/C21H20N2O4/c1-12-18(15(22)10-11-16(24)13-6-3-2-4-7-13)14-8-5-9-17(25)20(14)23-19(12)21(26)27/h2-9,15,25H,10-11,22H2,1H3,(H,26,27). The zero-order chi connectivity index (χ0) is 19.6. The molecule has 0 fully saturated rings. The van der Waals surface area contributed by atoms with Crippen molar-refractivity contribution in [2.45, 2.75) is 25.8 Å². The summed E-state index contributed by atoms with van der Waals surface area (Å²) in [6.07, 6.45) is 0.581. The highest BCUT2D eigenvalue weighted by atomic mass is 16.4. The highest BCUT2D eigenvalue weighted by Crippen LogP contribution is 2.33. The molecule has 27 heavy (non-hydrogen) atoms. The van der Waals surface area contributed by atoms with E-state index in [2.05, 4.69) is 4.98 Å². The van der Waals surface area contributed by atoms with Crippen LogP contribution in [0.25, 0.3) is 10.9 Å². The summed E-state index contributed by atoms with van der Waals surface area (Å²) >= 11 is 0. The quantitative estimate of drug-likeness (QED) is 0.576. The summed E-state index contributed by atoms with van der Waals surface area (Å²) in [5.74, 6) is -1.32. The van der Waals surface area contributed by atoms with Gasteiger partial charge in [0.05, 0.1) is 0 Å². The summed E-state index contributed by atoms with van der Waals surface area (Å²) in [6.45, 7) is 1.65. The highest BCUT2D eigenvalue weighted by Gasteiger charge is 2.22. The number of hydrogen-bond acceptors (Lipinski definition) is 5. The van der Waals surface area contributed by atoms with Crippen molar-refractivity contribution in [1.82, 2.24) is 4.98 Å². The molecule has 138 valence electrons. The predicted octanol–water partition coefficient (Wildman–Crippen LogP) is 3.61. The Morgan fingerprint density at radius 1 is 1.11 bits per heavy atom. The molecule has 0 saturated carbocycles. The molecule has 0 amide bonds. The Hall–Kier alpha value is -3.25. The Morgan fingerprint density at radius 2 is 1.81 bits per heavy atom. The van der Waals surface area contributed by atoms with Gasteiger partial charge < -0.3 is 15.9 Å². The normalized spacial score (nSPS) is 12.1. The molecule has 1 atom stereocenters. The van der Waals surface area contributed by atoms with Crippen LogP contribution in [0.4, 0.5) is 0 Å². The molecule has 1 unspecified atom stereocenters. The number of para-hydroxylation sites is 1. The van der Waals surface area contributed by atoms with Crippen LogP contribution in [0.5, 0.6) is 5.75 Å². The van der Waals surface area contributed by atoms with E-state index in [1.54, 1.807) is 43.3 Å². The number of nitrogens with zero attached hydrogens (tertiary/aromatic N) is 1. The fraction of sp³-hybridized carbons (Fsp3) is 0.190. The Morgan fingerprint density at radius 3 is 2.48 bits per heavy atom. The van der Waals surface area contributed by atoms with Crippen LogP contribution in [0.2, 0.25) is 0 Å². The number of fused-ring (bicyclic) bond motifs is 1. The van der Waals surface area contributed by atoms with E-state index in [1.165, 1.54) is 6.07 Å². The van der Waals surface area contributed by atoms with E-state index in [0.717, 1.165) is 0 Å². The van der Waals surface area contributed by atoms with Gasteiger partial charge in [0.15, 0.2) is 11.5 Å². The predicted molar refractivity (Wildman–Crippen MR) is 102 cm³/mol. The van der Waals surface area contributed by atoms with Crippen molar-refractivity contribution in [2.75, 3.05) is 0 Å². The van der Waals surface area contributed by atoms with Crippen molar-refractivity contribution < 1.29 is 19.8 Å². The van der Waals surface area contributed by atoms with Crippen LogP contribution in [0.15, 0.2) is 48.5 Å². The Balaban J connectivity index is 1.97. The van der Waals surface area contributed by atoms with Gasteiger partial charge in [-0.25, -0.2) is 9.78 Å². The largest absolute Gasteiger partial charge is 0.506 e. The van der Waals surface area contributed by atoms with Crippen molar-refractivity contribution in [3.63, 3.8) is 0 Å². The third kappa shape index (κ3) is 3.66. The van der Waals surface area contributed by atoms with Crippen LogP contribution in [0.3, 0.4) is 0 Å². The van der Waals surface area contributed by atoms with Gasteiger partial charge in [0, 0.05) is 23.4 Å². The van der Waals surface area contributed by atoms with E-state index in [0.29, 0.717) is 28.5 Å². The smallest absolute Gasteiger partial charge is 0.354 e. The Kier molecular flexibility index (Phi) is 5.19. The number of nitrogens with two attached hydrogens (primary N) is 1. The number of phenols is 1. The minimum Gasteiger partial charge on any atom is -0.506 e. The monoisotopic (exact) mass is 364 g/mol. The third-order valence-corrected chi connectivity index (χ3v) is 4.64. The van der Waals surface area contributed by atoms with Crippen molar-refractivity contribution in [1.29, 1.82) is 0 Å². The number of carboxylic acid groups (broad SMARTS) is 1. The van der Waals surface area contributed by atoms with Gasteiger partial charge in [-0.1, -0.05) is 42.5 Å². The van der Waals surface area contributed by atoms with Crippen LogP contribution in [-0.2, 0) is 0 Å². The van der Waals surface area contributed by atoms with Crippen LogP contribution in [0.1, 0.15) is 50.9 Å². The van der Waals surface area contributed by atoms with Crippen molar-refractivity contribution in [3.05, 3.63) is 70.9 Å². The van der Waals surface area contributed by atoms with E-state index >= 15 is 0 Å². The fourth-order valence-electron chi connectivity index (χ4n) is 3.28. The molecule has 0 aliphatic rings. The van der Waals surface area contributed by atoms with Crippen LogP contribution < -0.4 is 5.73 Å². The molecule has 1 aromatic heterocycles. The van der Waals surface area contributed by atoms with Gasteiger partial charge in [-0.05, 0) is 30.5 Å². The summed E-state index contributed by atoms with van der Waals surface area (Å²) in [4.78, 5) is 28.0. The molecular formula is C21H20N2O4. The number of carbonyl (C=O) groups is 2. The number of rotatable bonds is 6. The van der Waals surface area contributed by atoms with Crippen LogP contribution >= 0.6 is 0 Å². The van der Waals surface area contributed by atoms with Gasteiger partial charge in [0.1, 0.15) is 11.3 Å². The molecule has 0 radical (unpaired) electrons. The molecule has 4 N–H and O–H groups in total. The van der Waals surface area contributed by atoms with Crippen molar-refractivity contribution >= 4 is 22.7 Å². The molecule has 6 heteroatoms. The molecule has 6 nitrogen and oxygen atoms in total. The topological polar surface area (TPSA) is 114 Å². The second-order valence-corrected chi connectivity index (χ2v) is 6.41. The van der Waals surface area contributed by atoms with Gasteiger partial charge >= 0.3 is 5.97 Å². The molecule has 2 aromatic carbocycles. The van der Waals surface area contributed by atoms with Crippen LogP contribution in [-0.4, -0.2) is 26.9 Å². The van der Waals surface area contributed by atoms with E-state index < -0.39 is 12.0 Å². The number of aromatic carboxylic acids is 1. The van der Waals surface area contributed by atoms with E-state index in [1.807, 2.05) is 6.07 Å². The molecule has 3 aromatic rings. The number of pyridine rings is 1. The number of aromatic hydroxyl groups is 1. The third-order valence-electron chi connectivity index (χ3n) is 4.64. The zero-order valence-corrected chi connectivity index (χ0v) is 14.8. The Labute approximate surface area is 156 Å². The van der Waals surface area contributed by atoms with E-state index in [4.69, 9.17) is 5.73 Å². The number of carbonyl (C=O) groups excluding carboxylic acids is 1. The molecule has 0 bridgehead atoms. The first-order chi connectivity index (χ1) is 12.9. The van der Waals surface area contributed by atoms with Crippen molar-refractivity contribution in [2.24, 2.45) is 5.73 Å². The molecule has 0 aliphatic carbocycles. The number of ketones is 1. The molecule has 0 saturated heterocycles. The maximum absolute atomic E-state index is 12.4. The molecule has 0 aliphatic heterocycles. The number of aromatic nitrogens is 1. The first-order valence-corrected chi connectivity index (χ1v) is 8.59. The average molecular weight is 364 g/mol. The van der Waals surface area contributed by atoms with E-state index in [-0.39, 0.29) is 29.2 Å². The lowest BCUT2D eigenvalue weighted by Crippen LogP contribution is -2.17. The molecule has 1 heterocycles. The van der Waals surface area contributed by atoms with Gasteiger partial charge in [-0.3, -0.25) is 4.79 Å². The summed E-state index contributed by atoms with van der Waals surface area (Å²) in [5.41, 5.74) is 8.05. The lowest BCUT2D eigenvalue weighted by molar-refractivity contribution is 0.0689. The first kappa shape index (κ1) is 18.5. The lowest BCUT2D eigenvalue weighted by Gasteiger charge is -2.19. The van der Waals surface area contributed by atoms with Crippen LogP contribution in [0, 0.1) is 6.92 Å². The minimum absolute atomic E-state index is 0.0247. The lowest BCUT2D eigenvalue weighted by atomic mass is 9.91. The van der Waals surface area contributed by atoms with Crippen molar-refractivity contribution in [3.8, 4) is 5.75 Å². The molecular weight excluding hydrogens is 344 g/mol. The number of benzene rings is 2. The summed E-state index contributed by atoms with van der Waals surface area (Å²) in [7, 11) is 0. The number of hydrogen-bond donors (Lipinski definition) is 3. The highest BCUT2D eigenvalue weighted by molar-refractivity contribution is 5.97. The first-order valence-electron chi connectivity index (χ1n) is 8.59. The zero-order valence-electron chi connectivity index (χ0n) is 14.8. The van der Waals surface area contributed by atoms with Gasteiger partial charge in [0.25, 0.3) is 0 Å². The number of Topliss-reactive ketones (excluding diaryl/α,β-unsaturated/α-hetero) is 1. The fourth-order valence-corrected chi connectivity index (χ4v) is 3.28. The minimum atomic E-state index is -1.19. The average Bonchev–Trinajstić information content (AvgIpc) is 2.66. The van der Waals surface area contributed by atoms with Gasteiger partial charge in [-0.2, -0.15) is 0 Å². The van der Waals surface area contributed by atoms with Gasteiger partial charge in [-0.15, -0.1) is 0 Å². The summed E-state index contributed by atoms with van der Waals surface area (Å²) in [6, 6.07) is 13.2. The second kappa shape index (κ2) is 7.55. The maximum Gasteiger partial charge on any atom is 0.354 e. The van der Waals surface area contributed by atoms with E-state index in [9.17, 15) is 19.8 Å². The summed E-state index contributed by atoms with van der Waals surface area (Å²) in [5, 5.41) is 20.1. The maximum atomic E-state index is 12.4. The Bertz CT molecular complexity index is 1020. The number of phenolic OH excluding ortho intramolecular Hbond substituents is 1. The number of carboxylic acids is 1.